The van der Waals surface area contributed by atoms with Crippen molar-refractivity contribution in [3.8, 4) is 0 Å². The highest BCUT2D eigenvalue weighted by atomic mass is 32.2. The standard InChI is InChI=1S/C21H23N5O2S/c1-14(20(28)23-18-11-9-17(10-12-18)22-15(2)27)29-21-25-24-19(26(21)3)13-16-7-5-4-6-8-16/h4-12,14H,13H2,1-3H3,(H,22,27)(H,23,28)/t14-/m1/s1. The van der Waals surface area contributed by atoms with E-state index in [0.29, 0.717) is 23.0 Å². The number of carbonyl (C=O) groups is 2. The molecule has 29 heavy (non-hydrogen) atoms. The molecule has 2 aromatic carbocycles. The van der Waals surface area contributed by atoms with E-state index in [-0.39, 0.29) is 17.1 Å². The van der Waals surface area contributed by atoms with Gasteiger partial charge >= 0.3 is 0 Å². The molecule has 1 heterocycles. The fourth-order valence-electron chi connectivity index (χ4n) is 2.68. The van der Waals surface area contributed by atoms with Gasteiger partial charge in [0.15, 0.2) is 5.16 Å². The maximum atomic E-state index is 12.5. The number of aromatic nitrogens is 3. The van der Waals surface area contributed by atoms with Crippen LogP contribution in [0, 0.1) is 0 Å². The first-order valence-corrected chi connectivity index (χ1v) is 10.1. The Morgan fingerprint density at radius 3 is 2.24 bits per heavy atom. The molecule has 0 aliphatic rings. The van der Waals surface area contributed by atoms with E-state index in [9.17, 15) is 9.59 Å². The highest BCUT2D eigenvalue weighted by Gasteiger charge is 2.19. The number of anilines is 2. The van der Waals surface area contributed by atoms with Crippen molar-refractivity contribution >= 4 is 35.0 Å². The number of amides is 2. The maximum Gasteiger partial charge on any atom is 0.237 e. The third kappa shape index (κ3) is 5.68. The first kappa shape index (κ1) is 20.6. The molecule has 0 spiro atoms. The second-order valence-corrected chi connectivity index (χ2v) is 7.94. The number of hydrogen-bond donors (Lipinski definition) is 2. The Kier molecular flexibility index (Phi) is 6.66. The topological polar surface area (TPSA) is 88.9 Å². The number of nitrogens with zero attached hydrogens (tertiary/aromatic N) is 3. The largest absolute Gasteiger partial charge is 0.326 e. The number of benzene rings is 2. The van der Waals surface area contributed by atoms with Gasteiger partial charge in [-0.25, -0.2) is 0 Å². The first-order valence-electron chi connectivity index (χ1n) is 9.19. The van der Waals surface area contributed by atoms with Gasteiger partial charge in [-0.2, -0.15) is 0 Å². The van der Waals surface area contributed by atoms with E-state index < -0.39 is 0 Å². The predicted molar refractivity (Wildman–Crippen MR) is 115 cm³/mol. The smallest absolute Gasteiger partial charge is 0.237 e. The molecule has 0 aliphatic carbocycles. The molecule has 8 heteroatoms. The van der Waals surface area contributed by atoms with Crippen molar-refractivity contribution in [1.29, 1.82) is 0 Å². The Morgan fingerprint density at radius 1 is 1.00 bits per heavy atom. The van der Waals surface area contributed by atoms with Gasteiger partial charge in [0.25, 0.3) is 0 Å². The molecule has 0 saturated carbocycles. The highest BCUT2D eigenvalue weighted by molar-refractivity contribution is 8.00. The summed E-state index contributed by atoms with van der Waals surface area (Å²) < 4.78 is 1.92. The van der Waals surface area contributed by atoms with Crippen LogP contribution >= 0.6 is 11.8 Å². The number of carbonyl (C=O) groups excluding carboxylic acids is 2. The summed E-state index contributed by atoms with van der Waals surface area (Å²) in [5, 5.41) is 14.4. The number of rotatable bonds is 7. The fraction of sp³-hybridized carbons (Fsp3) is 0.238. The van der Waals surface area contributed by atoms with Crippen LogP contribution in [0.4, 0.5) is 11.4 Å². The van der Waals surface area contributed by atoms with Crippen LogP contribution in [0.3, 0.4) is 0 Å². The molecule has 1 aromatic heterocycles. The minimum absolute atomic E-state index is 0.130. The Hall–Kier alpha value is -3.13. The van der Waals surface area contributed by atoms with Gasteiger partial charge in [0, 0.05) is 31.8 Å². The Morgan fingerprint density at radius 2 is 1.62 bits per heavy atom. The van der Waals surface area contributed by atoms with E-state index >= 15 is 0 Å². The number of hydrogen-bond acceptors (Lipinski definition) is 5. The van der Waals surface area contributed by atoms with Gasteiger partial charge in [0.1, 0.15) is 5.82 Å². The van der Waals surface area contributed by atoms with Crippen LogP contribution in [0.5, 0.6) is 0 Å². The summed E-state index contributed by atoms with van der Waals surface area (Å²) in [6.45, 7) is 3.28. The summed E-state index contributed by atoms with van der Waals surface area (Å²) in [6.07, 6.45) is 0.687. The summed E-state index contributed by atoms with van der Waals surface area (Å²) in [5.74, 6) is 0.580. The molecule has 7 nitrogen and oxygen atoms in total. The molecule has 3 rings (SSSR count). The molecule has 2 N–H and O–H groups in total. The molecular formula is C21H23N5O2S. The molecule has 3 aromatic rings. The zero-order valence-electron chi connectivity index (χ0n) is 16.5. The first-order chi connectivity index (χ1) is 13.9. The monoisotopic (exact) mass is 409 g/mol. The van der Waals surface area contributed by atoms with Crippen LogP contribution in [0.15, 0.2) is 59.8 Å². The van der Waals surface area contributed by atoms with Gasteiger partial charge < -0.3 is 15.2 Å². The van der Waals surface area contributed by atoms with Crippen molar-refractivity contribution in [2.75, 3.05) is 10.6 Å². The van der Waals surface area contributed by atoms with Crippen LogP contribution < -0.4 is 10.6 Å². The maximum absolute atomic E-state index is 12.5. The Labute approximate surface area is 173 Å². The van der Waals surface area contributed by atoms with Crippen molar-refractivity contribution in [2.24, 2.45) is 7.05 Å². The number of thioether (sulfide) groups is 1. The molecule has 0 bridgehead atoms. The third-order valence-electron chi connectivity index (χ3n) is 4.25. The lowest BCUT2D eigenvalue weighted by Gasteiger charge is -2.12. The van der Waals surface area contributed by atoms with E-state index in [2.05, 4.69) is 33.0 Å². The van der Waals surface area contributed by atoms with Crippen LogP contribution in [0.2, 0.25) is 0 Å². The van der Waals surface area contributed by atoms with E-state index in [1.807, 2.05) is 36.7 Å². The zero-order chi connectivity index (χ0) is 20.8. The minimum Gasteiger partial charge on any atom is -0.326 e. The van der Waals surface area contributed by atoms with Gasteiger partial charge in [-0.05, 0) is 36.8 Å². The van der Waals surface area contributed by atoms with E-state index in [1.54, 1.807) is 24.3 Å². The van der Waals surface area contributed by atoms with Crippen molar-refractivity contribution in [3.63, 3.8) is 0 Å². The molecule has 150 valence electrons. The molecule has 0 unspecified atom stereocenters. The molecule has 0 fully saturated rings. The van der Waals surface area contributed by atoms with Crippen LogP contribution in [0.1, 0.15) is 25.2 Å². The summed E-state index contributed by atoms with van der Waals surface area (Å²) in [6, 6.07) is 17.1. The highest BCUT2D eigenvalue weighted by Crippen LogP contribution is 2.24. The molecular weight excluding hydrogens is 386 g/mol. The lowest BCUT2D eigenvalue weighted by molar-refractivity contribution is -0.115. The number of nitrogens with one attached hydrogen (secondary N) is 2. The predicted octanol–water partition coefficient (Wildman–Crippen LogP) is 3.48. The third-order valence-corrected chi connectivity index (χ3v) is 5.39. The molecule has 0 saturated heterocycles. The summed E-state index contributed by atoms with van der Waals surface area (Å²) >= 11 is 1.36. The van der Waals surface area contributed by atoms with Crippen molar-refractivity contribution in [2.45, 2.75) is 30.7 Å². The van der Waals surface area contributed by atoms with Crippen molar-refractivity contribution in [3.05, 3.63) is 66.0 Å². The summed E-state index contributed by atoms with van der Waals surface area (Å²) in [5.41, 5.74) is 2.51. The molecule has 0 radical (unpaired) electrons. The van der Waals surface area contributed by atoms with E-state index in [4.69, 9.17) is 0 Å². The normalized spacial score (nSPS) is 11.7. The van der Waals surface area contributed by atoms with Gasteiger partial charge in [0.2, 0.25) is 11.8 Å². The SMILES string of the molecule is CC(=O)Nc1ccc(NC(=O)[C@@H](C)Sc2nnc(Cc3ccccc3)n2C)cc1. The molecule has 0 aliphatic heterocycles. The Balaban J connectivity index is 1.59. The quantitative estimate of drug-likeness (QED) is 0.583. The van der Waals surface area contributed by atoms with Crippen LogP contribution in [-0.4, -0.2) is 31.8 Å². The minimum atomic E-state index is -0.350. The van der Waals surface area contributed by atoms with Crippen molar-refractivity contribution in [1.82, 2.24) is 14.8 Å². The van der Waals surface area contributed by atoms with E-state index in [1.165, 1.54) is 18.7 Å². The van der Waals surface area contributed by atoms with Gasteiger partial charge in [-0.1, -0.05) is 42.1 Å². The Bertz CT molecular complexity index is 986. The summed E-state index contributed by atoms with van der Waals surface area (Å²) in [7, 11) is 1.91. The molecule has 2 amide bonds. The van der Waals surface area contributed by atoms with Gasteiger partial charge in [0.05, 0.1) is 5.25 Å². The fourth-order valence-corrected chi connectivity index (χ4v) is 3.51. The van der Waals surface area contributed by atoms with Gasteiger partial charge in [-0.3, -0.25) is 9.59 Å². The molecule has 1 atom stereocenters. The average Bonchev–Trinajstić information content (AvgIpc) is 3.03. The van der Waals surface area contributed by atoms with E-state index in [0.717, 1.165) is 11.4 Å². The van der Waals surface area contributed by atoms with Crippen LogP contribution in [-0.2, 0) is 23.1 Å². The average molecular weight is 410 g/mol. The lowest BCUT2D eigenvalue weighted by Crippen LogP contribution is -2.22. The van der Waals surface area contributed by atoms with Crippen molar-refractivity contribution < 1.29 is 9.59 Å². The zero-order valence-corrected chi connectivity index (χ0v) is 17.4. The van der Waals surface area contributed by atoms with Gasteiger partial charge in [-0.15, -0.1) is 10.2 Å². The van der Waals surface area contributed by atoms with Crippen LogP contribution in [0.25, 0.3) is 0 Å². The summed E-state index contributed by atoms with van der Waals surface area (Å²) in [4.78, 5) is 23.6. The lowest BCUT2D eigenvalue weighted by atomic mass is 10.1. The second-order valence-electron chi connectivity index (χ2n) is 6.63. The second kappa shape index (κ2) is 9.38.